The van der Waals surface area contributed by atoms with Crippen LogP contribution in [-0.4, -0.2) is 44.8 Å². The second kappa shape index (κ2) is 7.19. The molecule has 1 amide bonds. The molecule has 0 aliphatic heterocycles. The Morgan fingerprint density at radius 1 is 1.40 bits per heavy atom. The summed E-state index contributed by atoms with van der Waals surface area (Å²) < 4.78 is 9.24. The van der Waals surface area contributed by atoms with Gasteiger partial charge in [-0.1, -0.05) is 0 Å². The van der Waals surface area contributed by atoms with E-state index in [2.05, 4.69) is 10.1 Å². The minimum absolute atomic E-state index is 0.384. The van der Waals surface area contributed by atoms with Crippen LogP contribution in [0.5, 0.6) is 0 Å². The minimum atomic E-state index is -0.684. The molecule has 2 unspecified atom stereocenters. The van der Waals surface area contributed by atoms with Crippen LogP contribution in [0.25, 0.3) is 0 Å². The van der Waals surface area contributed by atoms with E-state index < -0.39 is 18.1 Å². The van der Waals surface area contributed by atoms with Crippen molar-refractivity contribution < 1.29 is 19.1 Å². The highest BCUT2D eigenvalue weighted by Gasteiger charge is 2.19. The number of nitrogens with two attached hydrogens (primary N) is 1. The number of nitrogens with one attached hydrogen (secondary N) is 1. The number of hydrogen-bond donors (Lipinski definition) is 2. The maximum absolute atomic E-state index is 11.4. The van der Waals surface area contributed by atoms with Crippen LogP contribution >= 0.6 is 0 Å². The van der Waals surface area contributed by atoms with Gasteiger partial charge in [0.1, 0.15) is 6.04 Å². The largest absolute Gasteiger partial charge is 0.467 e. The molecule has 3 N–H and O–H groups in total. The lowest BCUT2D eigenvalue weighted by Crippen LogP contribution is -2.47. The van der Waals surface area contributed by atoms with Gasteiger partial charge in [0.05, 0.1) is 13.2 Å². The summed E-state index contributed by atoms with van der Waals surface area (Å²) in [6.45, 7) is 1.94. The van der Waals surface area contributed by atoms with E-state index in [0.29, 0.717) is 13.0 Å². The van der Waals surface area contributed by atoms with E-state index >= 15 is 0 Å². The van der Waals surface area contributed by atoms with Gasteiger partial charge < -0.3 is 20.5 Å². The first-order valence-corrected chi connectivity index (χ1v) is 4.65. The number of carbonyl (C=O) groups is 2. The van der Waals surface area contributed by atoms with Crippen LogP contribution in [-0.2, 0) is 19.1 Å². The lowest BCUT2D eigenvalue weighted by atomic mass is 10.2. The first kappa shape index (κ1) is 13.9. The first-order valence-electron chi connectivity index (χ1n) is 4.65. The van der Waals surface area contributed by atoms with E-state index in [1.54, 1.807) is 0 Å². The number of carbonyl (C=O) groups excluding carboxylic acids is 2. The molecule has 0 fully saturated rings. The minimum Gasteiger partial charge on any atom is -0.467 e. The fourth-order valence-corrected chi connectivity index (χ4v) is 0.932. The van der Waals surface area contributed by atoms with Gasteiger partial charge in [0.25, 0.3) is 0 Å². The standard InChI is InChI=1S/C9H18N2O4/c1-6(9(13)15-3)11-8(12)7(10)4-5-14-2/h6-7H,4-5,10H2,1-3H3,(H,11,12). The van der Waals surface area contributed by atoms with Crippen molar-refractivity contribution in [1.29, 1.82) is 0 Å². The van der Waals surface area contributed by atoms with E-state index in [9.17, 15) is 9.59 Å². The molecule has 0 radical (unpaired) electrons. The third-order valence-corrected chi connectivity index (χ3v) is 1.88. The van der Waals surface area contributed by atoms with Crippen molar-refractivity contribution in [3.05, 3.63) is 0 Å². The SMILES string of the molecule is COCCC(N)C(=O)NC(C)C(=O)OC. The molecule has 0 aromatic carbocycles. The number of hydrogen-bond acceptors (Lipinski definition) is 5. The maximum atomic E-state index is 11.4. The van der Waals surface area contributed by atoms with Crippen molar-refractivity contribution in [3.8, 4) is 0 Å². The van der Waals surface area contributed by atoms with E-state index in [-0.39, 0.29) is 5.91 Å². The zero-order chi connectivity index (χ0) is 11.8. The molecule has 0 saturated carbocycles. The summed E-state index contributed by atoms with van der Waals surface area (Å²) in [4.78, 5) is 22.4. The van der Waals surface area contributed by atoms with Crippen LogP contribution in [0.3, 0.4) is 0 Å². The molecular formula is C9H18N2O4. The van der Waals surface area contributed by atoms with Crippen LogP contribution in [0.2, 0.25) is 0 Å². The fraction of sp³-hybridized carbons (Fsp3) is 0.778. The number of methoxy groups -OCH3 is 2. The van der Waals surface area contributed by atoms with Gasteiger partial charge in [-0.05, 0) is 13.3 Å². The third-order valence-electron chi connectivity index (χ3n) is 1.88. The third kappa shape index (κ3) is 5.34. The van der Waals surface area contributed by atoms with Crippen LogP contribution in [0.15, 0.2) is 0 Å². The van der Waals surface area contributed by atoms with Gasteiger partial charge in [0, 0.05) is 13.7 Å². The predicted molar refractivity (Wildman–Crippen MR) is 54.1 cm³/mol. The summed E-state index contributed by atoms with van der Waals surface area (Å²) >= 11 is 0. The van der Waals surface area contributed by atoms with Crippen molar-refractivity contribution in [2.75, 3.05) is 20.8 Å². The Kier molecular flexibility index (Phi) is 6.64. The quantitative estimate of drug-likeness (QED) is 0.560. The summed E-state index contributed by atoms with van der Waals surface area (Å²) in [5.74, 6) is -0.882. The molecule has 0 bridgehead atoms. The van der Waals surface area contributed by atoms with Gasteiger partial charge in [-0.3, -0.25) is 4.79 Å². The predicted octanol–water partition coefficient (Wildman–Crippen LogP) is -0.972. The summed E-state index contributed by atoms with van der Waals surface area (Å²) in [5.41, 5.74) is 5.55. The van der Waals surface area contributed by atoms with Crippen molar-refractivity contribution >= 4 is 11.9 Å². The molecule has 0 aliphatic rings. The molecule has 0 aromatic heterocycles. The summed E-state index contributed by atoms with van der Waals surface area (Å²) in [5, 5.41) is 2.45. The Labute approximate surface area is 89.1 Å². The first-order chi connectivity index (χ1) is 7.02. The van der Waals surface area contributed by atoms with Crippen molar-refractivity contribution in [2.45, 2.75) is 25.4 Å². The molecular weight excluding hydrogens is 200 g/mol. The highest BCUT2D eigenvalue weighted by atomic mass is 16.5. The molecule has 0 saturated heterocycles. The van der Waals surface area contributed by atoms with Gasteiger partial charge in [0.2, 0.25) is 5.91 Å². The second-order valence-corrected chi connectivity index (χ2v) is 3.14. The number of esters is 1. The Balaban J connectivity index is 3.95. The zero-order valence-electron chi connectivity index (χ0n) is 9.28. The lowest BCUT2D eigenvalue weighted by molar-refractivity contribution is -0.144. The molecule has 0 aromatic rings. The van der Waals surface area contributed by atoms with E-state index in [4.69, 9.17) is 10.5 Å². The average molecular weight is 218 g/mol. The molecule has 6 nitrogen and oxygen atoms in total. The fourth-order valence-electron chi connectivity index (χ4n) is 0.932. The van der Waals surface area contributed by atoms with Gasteiger partial charge in [-0.25, -0.2) is 4.79 Å². The summed E-state index contributed by atoms with van der Waals surface area (Å²) in [6, 6.07) is -1.35. The van der Waals surface area contributed by atoms with Crippen molar-refractivity contribution in [1.82, 2.24) is 5.32 Å². The van der Waals surface area contributed by atoms with Crippen LogP contribution < -0.4 is 11.1 Å². The Bertz CT molecular complexity index is 220. The Morgan fingerprint density at radius 2 is 2.00 bits per heavy atom. The summed E-state index contributed by atoms with van der Waals surface area (Å²) in [6.07, 6.45) is 0.413. The molecule has 0 rings (SSSR count). The molecule has 0 aliphatic carbocycles. The molecule has 6 heteroatoms. The highest BCUT2D eigenvalue weighted by molar-refractivity contribution is 5.87. The number of ether oxygens (including phenoxy) is 2. The van der Waals surface area contributed by atoms with Gasteiger partial charge in [0.15, 0.2) is 0 Å². The molecule has 0 spiro atoms. The Morgan fingerprint density at radius 3 is 2.47 bits per heavy atom. The van der Waals surface area contributed by atoms with Gasteiger partial charge in [-0.2, -0.15) is 0 Å². The van der Waals surface area contributed by atoms with E-state index in [0.717, 1.165) is 0 Å². The zero-order valence-corrected chi connectivity index (χ0v) is 9.28. The normalized spacial score (nSPS) is 14.1. The number of rotatable bonds is 6. The Hall–Kier alpha value is -1.14. The van der Waals surface area contributed by atoms with E-state index in [1.807, 2.05) is 0 Å². The van der Waals surface area contributed by atoms with Crippen LogP contribution in [0.1, 0.15) is 13.3 Å². The van der Waals surface area contributed by atoms with Crippen LogP contribution in [0.4, 0.5) is 0 Å². The number of amides is 1. The molecule has 88 valence electrons. The highest BCUT2D eigenvalue weighted by Crippen LogP contribution is 1.92. The average Bonchev–Trinajstić information content (AvgIpc) is 2.24. The lowest BCUT2D eigenvalue weighted by Gasteiger charge is -2.15. The topological polar surface area (TPSA) is 90.6 Å². The molecule has 0 heterocycles. The van der Waals surface area contributed by atoms with E-state index in [1.165, 1.54) is 21.1 Å². The smallest absolute Gasteiger partial charge is 0.328 e. The molecule has 2 atom stereocenters. The van der Waals surface area contributed by atoms with Gasteiger partial charge >= 0.3 is 5.97 Å². The maximum Gasteiger partial charge on any atom is 0.328 e. The molecule has 15 heavy (non-hydrogen) atoms. The van der Waals surface area contributed by atoms with Crippen molar-refractivity contribution in [3.63, 3.8) is 0 Å². The van der Waals surface area contributed by atoms with Crippen LogP contribution in [0, 0.1) is 0 Å². The monoisotopic (exact) mass is 218 g/mol. The van der Waals surface area contributed by atoms with Crippen molar-refractivity contribution in [2.24, 2.45) is 5.73 Å². The summed E-state index contributed by atoms with van der Waals surface area (Å²) in [7, 11) is 2.79. The second-order valence-electron chi connectivity index (χ2n) is 3.14. The van der Waals surface area contributed by atoms with Gasteiger partial charge in [-0.15, -0.1) is 0 Å².